The number of halogens is 8. The Labute approximate surface area is 116 Å². The second kappa shape index (κ2) is 4.97. The molecular formula is C10H4BrClF6O. The van der Waals surface area contributed by atoms with Crippen LogP contribution in [0.4, 0.5) is 26.3 Å². The van der Waals surface area contributed by atoms with Gasteiger partial charge in [0.05, 0.1) is 15.1 Å². The van der Waals surface area contributed by atoms with E-state index in [9.17, 15) is 31.1 Å². The third-order valence-electron chi connectivity index (χ3n) is 2.21. The van der Waals surface area contributed by atoms with Gasteiger partial charge in [-0.05, 0) is 34.5 Å². The molecule has 9 heteroatoms. The number of hydrogen-bond donors (Lipinski definition) is 0. The van der Waals surface area contributed by atoms with Gasteiger partial charge in [0.1, 0.15) is 5.82 Å². The van der Waals surface area contributed by atoms with Gasteiger partial charge in [-0.25, -0.2) is 4.39 Å². The van der Waals surface area contributed by atoms with Gasteiger partial charge < -0.3 is 0 Å². The van der Waals surface area contributed by atoms with Crippen LogP contribution >= 0.6 is 27.5 Å². The van der Waals surface area contributed by atoms with Crippen LogP contribution in [-0.4, -0.2) is 17.9 Å². The molecule has 19 heavy (non-hydrogen) atoms. The number of benzene rings is 1. The predicted molar refractivity (Wildman–Crippen MR) is 59.2 cm³/mol. The van der Waals surface area contributed by atoms with Crippen LogP contribution in [0.25, 0.3) is 0 Å². The molecule has 0 N–H and O–H groups in total. The summed E-state index contributed by atoms with van der Waals surface area (Å²) in [7, 11) is 0. The summed E-state index contributed by atoms with van der Waals surface area (Å²) in [4.78, 5) is 11.2. The van der Waals surface area contributed by atoms with Crippen LogP contribution < -0.4 is 0 Å². The zero-order chi connectivity index (χ0) is 15.2. The van der Waals surface area contributed by atoms with Crippen LogP contribution in [0, 0.1) is 12.7 Å². The highest BCUT2D eigenvalue weighted by atomic mass is 79.9. The number of ketones is 1. The second-order valence-electron chi connectivity index (χ2n) is 3.58. The Kier molecular flexibility index (Phi) is 4.26. The van der Waals surface area contributed by atoms with E-state index < -0.39 is 33.7 Å². The standard InChI is InChI=1S/C10H4BrClF6O/c1-3-2-4(13)5(6(11)7(3)12)8(19)9(14,15)10(16,17)18/h2H,1H3. The highest BCUT2D eigenvalue weighted by Crippen LogP contribution is 2.41. The van der Waals surface area contributed by atoms with Crippen molar-refractivity contribution in [2.45, 2.75) is 19.0 Å². The zero-order valence-electron chi connectivity index (χ0n) is 9.01. The predicted octanol–water partition coefficient (Wildman–Crippen LogP) is 4.93. The van der Waals surface area contributed by atoms with E-state index in [-0.39, 0.29) is 10.6 Å². The van der Waals surface area contributed by atoms with Gasteiger partial charge in [-0.1, -0.05) is 11.6 Å². The number of alkyl halides is 5. The summed E-state index contributed by atoms with van der Waals surface area (Å²) >= 11 is 8.12. The third-order valence-corrected chi connectivity index (χ3v) is 3.72. The van der Waals surface area contributed by atoms with Crippen molar-refractivity contribution in [3.63, 3.8) is 0 Å². The summed E-state index contributed by atoms with van der Waals surface area (Å²) in [6.45, 7) is 1.30. The van der Waals surface area contributed by atoms with Crippen molar-refractivity contribution in [1.29, 1.82) is 0 Å². The minimum absolute atomic E-state index is 0.0814. The van der Waals surface area contributed by atoms with Crippen LogP contribution in [0.5, 0.6) is 0 Å². The second-order valence-corrected chi connectivity index (χ2v) is 4.75. The van der Waals surface area contributed by atoms with Gasteiger partial charge in [0.15, 0.2) is 0 Å². The average Bonchev–Trinajstić information content (AvgIpc) is 2.24. The molecule has 1 rings (SSSR count). The molecular weight excluding hydrogens is 365 g/mol. The fraction of sp³-hybridized carbons (Fsp3) is 0.300. The lowest BCUT2D eigenvalue weighted by Gasteiger charge is -2.19. The van der Waals surface area contributed by atoms with Crippen LogP contribution in [0.3, 0.4) is 0 Å². The molecule has 0 amide bonds. The van der Waals surface area contributed by atoms with Crippen LogP contribution in [0.1, 0.15) is 15.9 Å². The molecule has 0 aromatic heterocycles. The SMILES string of the molecule is Cc1cc(F)c(C(=O)C(F)(F)C(F)(F)F)c(Br)c1Cl. The zero-order valence-corrected chi connectivity index (χ0v) is 11.4. The molecule has 0 spiro atoms. The van der Waals surface area contributed by atoms with Crippen LogP contribution in [-0.2, 0) is 0 Å². The van der Waals surface area contributed by atoms with E-state index in [0.29, 0.717) is 6.07 Å². The Balaban J connectivity index is 3.49. The Morgan fingerprint density at radius 2 is 1.74 bits per heavy atom. The third kappa shape index (κ3) is 2.74. The van der Waals surface area contributed by atoms with Crippen molar-refractivity contribution in [2.75, 3.05) is 0 Å². The molecule has 0 aliphatic rings. The Morgan fingerprint density at radius 3 is 2.16 bits per heavy atom. The summed E-state index contributed by atoms with van der Waals surface area (Å²) in [5, 5.41) is -0.317. The topological polar surface area (TPSA) is 17.1 Å². The highest BCUT2D eigenvalue weighted by Gasteiger charge is 2.64. The normalized spacial score (nSPS) is 12.7. The fourth-order valence-electron chi connectivity index (χ4n) is 1.21. The monoisotopic (exact) mass is 368 g/mol. The lowest BCUT2D eigenvalue weighted by molar-refractivity contribution is -0.255. The molecule has 1 nitrogen and oxygen atoms in total. The molecule has 0 aliphatic heterocycles. The molecule has 1 aromatic carbocycles. The van der Waals surface area contributed by atoms with Crippen molar-refractivity contribution in [3.05, 3.63) is 32.5 Å². The largest absolute Gasteiger partial charge is 0.461 e. The summed E-state index contributed by atoms with van der Waals surface area (Å²) in [5.41, 5.74) is -1.35. The molecule has 0 aliphatic carbocycles. The Hall–Kier alpha value is -0.760. The molecule has 0 saturated heterocycles. The summed E-state index contributed by atoms with van der Waals surface area (Å²) in [6.07, 6.45) is -6.12. The molecule has 0 bridgehead atoms. The van der Waals surface area contributed by atoms with Crippen molar-refractivity contribution in [2.24, 2.45) is 0 Å². The van der Waals surface area contributed by atoms with Crippen LogP contribution in [0.2, 0.25) is 5.02 Å². The lowest BCUT2D eigenvalue weighted by Crippen LogP contribution is -2.44. The first kappa shape index (κ1) is 16.3. The number of carbonyl (C=O) groups excluding carboxylic acids is 1. The van der Waals surface area contributed by atoms with E-state index >= 15 is 0 Å². The first-order valence-electron chi connectivity index (χ1n) is 4.54. The van der Waals surface area contributed by atoms with E-state index in [1.165, 1.54) is 6.92 Å². The van der Waals surface area contributed by atoms with E-state index in [0.717, 1.165) is 0 Å². The van der Waals surface area contributed by atoms with Gasteiger partial charge in [0.25, 0.3) is 0 Å². The van der Waals surface area contributed by atoms with Gasteiger partial charge in [0.2, 0.25) is 5.78 Å². The minimum Gasteiger partial charge on any atom is -0.287 e. The van der Waals surface area contributed by atoms with E-state index in [1.807, 2.05) is 0 Å². The molecule has 1 aromatic rings. The summed E-state index contributed by atoms with van der Waals surface area (Å²) in [5.74, 6) is -9.91. The number of carbonyl (C=O) groups is 1. The van der Waals surface area contributed by atoms with Crippen LogP contribution in [0.15, 0.2) is 10.5 Å². The number of hydrogen-bond acceptors (Lipinski definition) is 1. The molecule has 0 saturated carbocycles. The molecule has 106 valence electrons. The number of rotatable bonds is 2. The van der Waals surface area contributed by atoms with Crippen molar-refractivity contribution in [3.8, 4) is 0 Å². The fourth-order valence-corrected chi connectivity index (χ4v) is 2.04. The lowest BCUT2D eigenvalue weighted by atomic mass is 10.0. The van der Waals surface area contributed by atoms with E-state index in [2.05, 4.69) is 15.9 Å². The maximum Gasteiger partial charge on any atom is 0.461 e. The number of Topliss-reactive ketones (excluding diaryl/α,β-unsaturated/α-hetero) is 1. The average molecular weight is 369 g/mol. The van der Waals surface area contributed by atoms with Gasteiger partial charge in [-0.15, -0.1) is 0 Å². The van der Waals surface area contributed by atoms with Gasteiger partial charge in [-0.2, -0.15) is 22.0 Å². The molecule has 0 fully saturated rings. The van der Waals surface area contributed by atoms with E-state index in [4.69, 9.17) is 11.6 Å². The molecule has 0 heterocycles. The van der Waals surface area contributed by atoms with Gasteiger partial charge in [-0.3, -0.25) is 4.79 Å². The van der Waals surface area contributed by atoms with Gasteiger partial charge in [0, 0.05) is 0 Å². The van der Waals surface area contributed by atoms with Crippen molar-refractivity contribution < 1.29 is 31.1 Å². The molecule has 0 atom stereocenters. The Morgan fingerprint density at radius 1 is 1.26 bits per heavy atom. The van der Waals surface area contributed by atoms with Crippen molar-refractivity contribution >= 4 is 33.3 Å². The highest BCUT2D eigenvalue weighted by molar-refractivity contribution is 9.10. The summed E-state index contributed by atoms with van der Waals surface area (Å²) < 4.78 is 74.8. The Bertz CT molecular complexity index is 540. The first-order valence-corrected chi connectivity index (χ1v) is 5.71. The maximum atomic E-state index is 13.5. The maximum absolute atomic E-state index is 13.5. The molecule has 0 radical (unpaired) electrons. The number of aryl methyl sites for hydroxylation is 1. The minimum atomic E-state index is -6.12. The quantitative estimate of drug-likeness (QED) is 0.410. The van der Waals surface area contributed by atoms with Crippen molar-refractivity contribution in [1.82, 2.24) is 0 Å². The molecule has 0 unspecified atom stereocenters. The smallest absolute Gasteiger partial charge is 0.287 e. The van der Waals surface area contributed by atoms with E-state index in [1.54, 1.807) is 0 Å². The van der Waals surface area contributed by atoms with Gasteiger partial charge >= 0.3 is 12.1 Å². The summed E-state index contributed by atoms with van der Waals surface area (Å²) in [6, 6.07) is 0.604. The first-order chi connectivity index (χ1) is 8.41.